The van der Waals surface area contributed by atoms with Crippen LogP contribution in [0.1, 0.15) is 106 Å². The number of hydrogen-bond donors (Lipinski definition) is 2. The van der Waals surface area contributed by atoms with Gasteiger partial charge in [0.1, 0.15) is 0 Å². The van der Waals surface area contributed by atoms with Crippen molar-refractivity contribution in [2.24, 2.45) is 56.0 Å². The number of fused-ring (bicyclic) bond motifs is 7. The largest absolute Gasteiger partial charge is 0.481 e. The van der Waals surface area contributed by atoms with Crippen LogP contribution in [0.5, 0.6) is 0 Å². The molecule has 5 rings (SSSR count). The maximum atomic E-state index is 14.2. The first kappa shape index (κ1) is 24.5. The Morgan fingerprint density at radius 2 is 1.59 bits per heavy atom. The maximum Gasteiger partial charge on any atom is 0.309 e. The molecule has 5 aliphatic carbocycles. The van der Waals surface area contributed by atoms with Crippen molar-refractivity contribution < 1.29 is 14.7 Å². The molecule has 0 unspecified atom stereocenters. The van der Waals surface area contributed by atoms with Crippen LogP contribution in [0.15, 0.2) is 11.6 Å². The third-order valence-corrected chi connectivity index (χ3v) is 13.2. The molecule has 5 aliphatic rings. The molecule has 4 heteroatoms. The number of carbonyl (C=O) groups is 2. The van der Waals surface area contributed by atoms with Gasteiger partial charge in [-0.25, -0.2) is 0 Å². The van der Waals surface area contributed by atoms with E-state index in [1.807, 2.05) is 6.92 Å². The smallest absolute Gasteiger partial charge is 0.309 e. The molecule has 0 amide bonds. The van der Waals surface area contributed by atoms with Crippen molar-refractivity contribution in [3.05, 3.63) is 11.6 Å². The summed E-state index contributed by atoms with van der Waals surface area (Å²) in [6, 6.07) is 0.196. The van der Waals surface area contributed by atoms with Gasteiger partial charge in [0.2, 0.25) is 0 Å². The van der Waals surface area contributed by atoms with E-state index in [2.05, 4.69) is 47.6 Å². The molecule has 0 saturated heterocycles. The number of nitrogens with two attached hydrogens (primary N) is 1. The lowest BCUT2D eigenvalue weighted by Gasteiger charge is -2.70. The summed E-state index contributed by atoms with van der Waals surface area (Å²) in [4.78, 5) is 26.5. The van der Waals surface area contributed by atoms with E-state index < -0.39 is 11.4 Å². The zero-order valence-corrected chi connectivity index (χ0v) is 22.6. The number of rotatable bonds is 1. The highest BCUT2D eigenvalue weighted by molar-refractivity contribution is 5.95. The first-order chi connectivity index (χ1) is 15.6. The first-order valence-corrected chi connectivity index (χ1v) is 13.8. The van der Waals surface area contributed by atoms with E-state index in [9.17, 15) is 14.7 Å². The van der Waals surface area contributed by atoms with Crippen LogP contribution in [-0.2, 0) is 9.59 Å². The molecule has 4 nitrogen and oxygen atoms in total. The van der Waals surface area contributed by atoms with Gasteiger partial charge in [-0.1, -0.05) is 47.1 Å². The predicted molar refractivity (Wildman–Crippen MR) is 135 cm³/mol. The van der Waals surface area contributed by atoms with Crippen LogP contribution in [0.3, 0.4) is 0 Å². The summed E-state index contributed by atoms with van der Waals surface area (Å²) in [7, 11) is 0. The summed E-state index contributed by atoms with van der Waals surface area (Å²) < 4.78 is 0. The lowest BCUT2D eigenvalue weighted by atomic mass is 9.33. The van der Waals surface area contributed by atoms with Crippen molar-refractivity contribution in [2.45, 2.75) is 112 Å². The summed E-state index contributed by atoms with van der Waals surface area (Å²) in [5.74, 6) is 0.313. The van der Waals surface area contributed by atoms with Crippen LogP contribution in [-0.4, -0.2) is 22.9 Å². The van der Waals surface area contributed by atoms with E-state index in [-0.39, 0.29) is 45.0 Å². The van der Waals surface area contributed by atoms with Crippen molar-refractivity contribution in [1.29, 1.82) is 0 Å². The summed E-state index contributed by atoms with van der Waals surface area (Å²) in [5.41, 5.74) is 7.21. The van der Waals surface area contributed by atoms with Gasteiger partial charge in [0.15, 0.2) is 5.78 Å². The van der Waals surface area contributed by atoms with Crippen LogP contribution >= 0.6 is 0 Å². The average Bonchev–Trinajstić information content (AvgIpc) is 2.73. The molecule has 4 saturated carbocycles. The Morgan fingerprint density at radius 1 is 0.941 bits per heavy atom. The Hall–Kier alpha value is -1.16. The van der Waals surface area contributed by atoms with E-state index in [0.29, 0.717) is 18.1 Å². The Balaban J connectivity index is 1.62. The zero-order chi connectivity index (χ0) is 25.1. The van der Waals surface area contributed by atoms with Gasteiger partial charge in [-0.3, -0.25) is 9.59 Å². The number of ketones is 1. The number of carboxylic acid groups (broad SMARTS) is 1. The van der Waals surface area contributed by atoms with Crippen molar-refractivity contribution in [3.63, 3.8) is 0 Å². The van der Waals surface area contributed by atoms with Gasteiger partial charge in [-0.05, 0) is 110 Å². The summed E-state index contributed by atoms with van der Waals surface area (Å²) in [5, 5.41) is 10.1. The Morgan fingerprint density at radius 3 is 2.24 bits per heavy atom. The molecule has 0 heterocycles. The molecular weight excluding hydrogens is 422 g/mol. The first-order valence-electron chi connectivity index (χ1n) is 13.8. The minimum absolute atomic E-state index is 0.0260. The minimum atomic E-state index is -0.697. The molecular formula is C30H47NO3. The van der Waals surface area contributed by atoms with Crippen molar-refractivity contribution >= 4 is 11.8 Å². The minimum Gasteiger partial charge on any atom is -0.481 e. The quantitative estimate of drug-likeness (QED) is 0.467. The third kappa shape index (κ3) is 2.81. The fourth-order valence-electron chi connectivity index (χ4n) is 10.4. The number of hydrogen-bond acceptors (Lipinski definition) is 3. The van der Waals surface area contributed by atoms with E-state index in [1.165, 1.54) is 5.57 Å². The molecule has 0 aromatic heterocycles. The molecule has 0 bridgehead atoms. The van der Waals surface area contributed by atoms with Gasteiger partial charge >= 0.3 is 5.97 Å². The van der Waals surface area contributed by atoms with Crippen LogP contribution in [0, 0.1) is 50.2 Å². The maximum absolute atomic E-state index is 14.2. The topological polar surface area (TPSA) is 80.4 Å². The lowest BCUT2D eigenvalue weighted by Crippen LogP contribution is -2.67. The monoisotopic (exact) mass is 469 g/mol. The standard InChI is InChI=1S/C30H47NO3/c1-25(2)21-8-11-30(7)23(28(21,5)10-9-22(25)31)20(32)16-18-19-17-27(4,24(33)34)13-12-26(19,3)14-15-29(18,30)6/h16,19,21-23H,8-15,17,31H2,1-7H3,(H,33,34)/t19-,21-,22+,23+,26+,27-,28-,29+,30+/m0/s1. The second-order valence-corrected chi connectivity index (χ2v) is 15.0. The van der Waals surface area contributed by atoms with E-state index in [0.717, 1.165) is 51.4 Å². The Kier molecular flexibility index (Phi) is 5.04. The van der Waals surface area contributed by atoms with Gasteiger partial charge < -0.3 is 10.8 Å². The van der Waals surface area contributed by atoms with Crippen LogP contribution in [0.25, 0.3) is 0 Å². The molecule has 0 radical (unpaired) electrons. The van der Waals surface area contributed by atoms with Crippen molar-refractivity contribution in [1.82, 2.24) is 0 Å². The van der Waals surface area contributed by atoms with E-state index >= 15 is 0 Å². The van der Waals surface area contributed by atoms with Gasteiger partial charge in [-0.2, -0.15) is 0 Å². The second kappa shape index (κ2) is 6.99. The van der Waals surface area contributed by atoms with Gasteiger partial charge in [0.25, 0.3) is 0 Å². The number of allylic oxidation sites excluding steroid dienone is 2. The molecule has 0 aliphatic heterocycles. The van der Waals surface area contributed by atoms with E-state index in [4.69, 9.17) is 5.73 Å². The molecule has 3 N–H and O–H groups in total. The summed E-state index contributed by atoms with van der Waals surface area (Å²) in [6.07, 6.45) is 10.9. The van der Waals surface area contributed by atoms with Gasteiger partial charge in [0, 0.05) is 12.0 Å². The van der Waals surface area contributed by atoms with Crippen molar-refractivity contribution in [2.75, 3.05) is 0 Å². The second-order valence-electron chi connectivity index (χ2n) is 15.0. The lowest BCUT2D eigenvalue weighted by molar-refractivity contribution is -0.188. The number of carboxylic acids is 1. The highest BCUT2D eigenvalue weighted by Gasteiger charge is 2.70. The van der Waals surface area contributed by atoms with Gasteiger partial charge in [-0.15, -0.1) is 0 Å². The summed E-state index contributed by atoms with van der Waals surface area (Å²) >= 11 is 0. The van der Waals surface area contributed by atoms with Crippen LogP contribution in [0.2, 0.25) is 0 Å². The highest BCUT2D eigenvalue weighted by atomic mass is 16.4. The molecule has 0 aromatic carbocycles. The SMILES string of the molecule is CC1(C)[C@H](N)CC[C@]2(C)[C@H]3C(=O)C=C4[C@@H]5C[C@@](C)(C(=O)O)CC[C@]5(C)CC[C@@]4(C)[C@]3(C)CC[C@@H]12. The normalized spacial score (nSPS) is 54.1. The predicted octanol–water partition coefficient (Wildman–Crippen LogP) is 6.38. The molecule has 4 fully saturated rings. The average molecular weight is 470 g/mol. The number of aliphatic carboxylic acids is 1. The fraction of sp³-hybridized carbons (Fsp3) is 0.867. The van der Waals surface area contributed by atoms with Gasteiger partial charge in [0.05, 0.1) is 5.41 Å². The Labute approximate surface area is 206 Å². The number of carbonyl (C=O) groups excluding carboxylic acids is 1. The summed E-state index contributed by atoms with van der Waals surface area (Å²) in [6.45, 7) is 16.2. The Bertz CT molecular complexity index is 968. The molecule has 190 valence electrons. The molecule has 0 aromatic rings. The molecule has 0 spiro atoms. The van der Waals surface area contributed by atoms with E-state index in [1.54, 1.807) is 0 Å². The van der Waals surface area contributed by atoms with Crippen LogP contribution < -0.4 is 5.73 Å². The third-order valence-electron chi connectivity index (χ3n) is 13.2. The molecule has 9 atom stereocenters. The highest BCUT2D eigenvalue weighted by Crippen LogP contribution is 2.75. The van der Waals surface area contributed by atoms with Crippen molar-refractivity contribution in [3.8, 4) is 0 Å². The van der Waals surface area contributed by atoms with Crippen LogP contribution in [0.4, 0.5) is 0 Å². The molecule has 34 heavy (non-hydrogen) atoms. The fourth-order valence-corrected chi connectivity index (χ4v) is 10.4. The zero-order valence-electron chi connectivity index (χ0n) is 22.6.